The number of likely N-dealkylation sites (tertiary alicyclic amines) is 1. The van der Waals surface area contributed by atoms with Crippen molar-refractivity contribution < 1.29 is 9.90 Å². The first-order chi connectivity index (χ1) is 15.8. The van der Waals surface area contributed by atoms with Crippen molar-refractivity contribution in [2.45, 2.75) is 50.3 Å². The average Bonchev–Trinajstić information content (AvgIpc) is 3.31. The highest BCUT2D eigenvalue weighted by molar-refractivity contribution is 5.76. The van der Waals surface area contributed by atoms with Crippen molar-refractivity contribution in [1.29, 1.82) is 0 Å². The molecule has 8 heteroatoms. The Bertz CT molecular complexity index is 999. The highest BCUT2D eigenvalue weighted by Gasteiger charge is 2.34. The molecular formula is C25H35N5O3. The van der Waals surface area contributed by atoms with E-state index in [0.29, 0.717) is 44.2 Å². The highest BCUT2D eigenvalue weighted by Crippen LogP contribution is 2.25. The molecule has 2 aliphatic heterocycles. The van der Waals surface area contributed by atoms with Gasteiger partial charge >= 0.3 is 0 Å². The molecule has 178 valence electrons. The van der Waals surface area contributed by atoms with Gasteiger partial charge in [0, 0.05) is 44.7 Å². The number of likely N-dealkylation sites (N-methyl/N-ethyl adjacent to an activating group) is 1. The number of anilines is 1. The van der Waals surface area contributed by atoms with Gasteiger partial charge in [-0.15, -0.1) is 0 Å². The number of aryl methyl sites for hydroxylation is 1. The largest absolute Gasteiger partial charge is 0.388 e. The van der Waals surface area contributed by atoms with E-state index in [1.54, 1.807) is 12.4 Å². The zero-order valence-electron chi connectivity index (χ0n) is 19.7. The lowest BCUT2D eigenvalue weighted by atomic mass is 9.91. The van der Waals surface area contributed by atoms with Gasteiger partial charge in [-0.05, 0) is 45.3 Å². The van der Waals surface area contributed by atoms with Crippen LogP contribution in [0.5, 0.6) is 0 Å². The Hall–Kier alpha value is -2.71. The van der Waals surface area contributed by atoms with Gasteiger partial charge in [0.2, 0.25) is 5.91 Å². The molecule has 0 spiro atoms. The fraction of sp³-hybridized carbons (Fsp3) is 0.560. The summed E-state index contributed by atoms with van der Waals surface area (Å²) in [5.41, 5.74) is -0.00339. The maximum absolute atomic E-state index is 12.7. The number of amides is 1. The number of hydrogen-bond donors (Lipinski definition) is 1. The number of aliphatic hydroxyl groups is 1. The first-order valence-corrected chi connectivity index (χ1v) is 11.8. The lowest BCUT2D eigenvalue weighted by Gasteiger charge is -2.38. The normalized spacial score (nSPS) is 20.4. The Morgan fingerprint density at radius 2 is 1.91 bits per heavy atom. The Labute approximate surface area is 195 Å². The summed E-state index contributed by atoms with van der Waals surface area (Å²) in [6.45, 7) is 2.96. The van der Waals surface area contributed by atoms with Gasteiger partial charge in [-0.25, -0.2) is 4.98 Å². The number of carbonyl (C=O) groups excluding carboxylic acids is 1. The summed E-state index contributed by atoms with van der Waals surface area (Å²) >= 11 is 0. The number of hydrogen-bond acceptors (Lipinski definition) is 6. The van der Waals surface area contributed by atoms with Crippen LogP contribution in [-0.2, 0) is 17.8 Å². The van der Waals surface area contributed by atoms with Gasteiger partial charge in [-0.3, -0.25) is 14.2 Å². The van der Waals surface area contributed by atoms with Gasteiger partial charge in [0.15, 0.2) is 0 Å². The van der Waals surface area contributed by atoms with Crippen LogP contribution < -0.4 is 10.5 Å². The lowest BCUT2D eigenvalue weighted by molar-refractivity contribution is -0.135. The van der Waals surface area contributed by atoms with Gasteiger partial charge in [0.1, 0.15) is 5.82 Å². The van der Waals surface area contributed by atoms with Crippen molar-refractivity contribution in [2.75, 3.05) is 45.2 Å². The molecule has 0 saturated carbocycles. The summed E-state index contributed by atoms with van der Waals surface area (Å²) in [5, 5.41) is 11.1. The lowest BCUT2D eigenvalue weighted by Crippen LogP contribution is -2.49. The Morgan fingerprint density at radius 1 is 1.18 bits per heavy atom. The molecule has 3 heterocycles. The van der Waals surface area contributed by atoms with E-state index >= 15 is 0 Å². The fourth-order valence-electron chi connectivity index (χ4n) is 4.78. The van der Waals surface area contributed by atoms with Crippen LogP contribution in [0.1, 0.15) is 31.2 Å². The second-order valence-electron chi connectivity index (χ2n) is 9.66. The molecular weight excluding hydrogens is 418 g/mol. The molecule has 33 heavy (non-hydrogen) atoms. The second kappa shape index (κ2) is 10.1. The quantitative estimate of drug-likeness (QED) is 0.682. The molecule has 2 fully saturated rings. The first-order valence-electron chi connectivity index (χ1n) is 11.8. The zero-order chi connectivity index (χ0) is 23.4. The molecule has 4 rings (SSSR count). The Morgan fingerprint density at radius 3 is 2.55 bits per heavy atom. The van der Waals surface area contributed by atoms with Crippen LogP contribution in [0.2, 0.25) is 0 Å². The van der Waals surface area contributed by atoms with Gasteiger partial charge in [0.05, 0.1) is 18.5 Å². The summed E-state index contributed by atoms with van der Waals surface area (Å²) in [4.78, 5) is 36.0. The number of carbonyl (C=O) groups is 1. The monoisotopic (exact) mass is 453 g/mol. The molecule has 1 amide bonds. The molecule has 1 atom stereocenters. The molecule has 1 unspecified atom stereocenters. The molecule has 1 aromatic carbocycles. The molecule has 1 aromatic heterocycles. The van der Waals surface area contributed by atoms with Crippen molar-refractivity contribution in [2.24, 2.45) is 0 Å². The Balaban J connectivity index is 1.30. The van der Waals surface area contributed by atoms with Crippen LogP contribution >= 0.6 is 0 Å². The predicted molar refractivity (Wildman–Crippen MR) is 128 cm³/mol. The summed E-state index contributed by atoms with van der Waals surface area (Å²) in [6, 6.07) is 12.0. The molecule has 0 bridgehead atoms. The summed E-state index contributed by atoms with van der Waals surface area (Å²) in [6.07, 6.45) is 4.70. The van der Waals surface area contributed by atoms with Crippen LogP contribution in [0.15, 0.2) is 47.5 Å². The molecule has 2 saturated heterocycles. The first kappa shape index (κ1) is 23.4. The van der Waals surface area contributed by atoms with E-state index in [-0.39, 0.29) is 18.0 Å². The SMILES string of the molecule is CN(C)C1CCN(c2cc(=O)n(CC3(O)CCN(C(=O)CCc4ccccc4)CC3)cn2)C1. The average molecular weight is 454 g/mol. The molecule has 0 aliphatic carbocycles. The van der Waals surface area contributed by atoms with Crippen molar-refractivity contribution >= 4 is 11.7 Å². The van der Waals surface area contributed by atoms with Gasteiger partial charge in [0.25, 0.3) is 5.56 Å². The molecule has 8 nitrogen and oxygen atoms in total. The standard InChI is InChI=1S/C25H35N5O3/c1-27(2)21-10-13-29(17-21)22-16-24(32)30(19-26-22)18-25(33)11-14-28(15-12-25)23(31)9-8-20-6-4-3-5-7-20/h3-7,16,19,21,33H,8-15,17-18H2,1-2H3. The van der Waals surface area contributed by atoms with E-state index in [9.17, 15) is 14.7 Å². The van der Waals surface area contributed by atoms with E-state index in [4.69, 9.17) is 0 Å². The van der Waals surface area contributed by atoms with E-state index < -0.39 is 5.60 Å². The topological polar surface area (TPSA) is 81.9 Å². The molecule has 1 N–H and O–H groups in total. The fourth-order valence-corrected chi connectivity index (χ4v) is 4.78. The minimum Gasteiger partial charge on any atom is -0.388 e. The number of rotatable bonds is 7. The van der Waals surface area contributed by atoms with Crippen molar-refractivity contribution in [3.63, 3.8) is 0 Å². The number of piperidine rings is 1. The Kier molecular flexibility index (Phi) is 7.14. The molecule has 2 aliphatic rings. The predicted octanol–water partition coefficient (Wildman–Crippen LogP) is 1.37. The van der Waals surface area contributed by atoms with Gasteiger partial charge < -0.3 is 19.8 Å². The van der Waals surface area contributed by atoms with Gasteiger partial charge in [-0.1, -0.05) is 30.3 Å². The summed E-state index contributed by atoms with van der Waals surface area (Å²) in [5.74, 6) is 0.817. The second-order valence-corrected chi connectivity index (χ2v) is 9.66. The minimum atomic E-state index is -1.01. The maximum atomic E-state index is 12.7. The van der Waals surface area contributed by atoms with E-state index in [0.717, 1.165) is 31.5 Å². The smallest absolute Gasteiger partial charge is 0.255 e. The van der Waals surface area contributed by atoms with Crippen molar-refractivity contribution in [3.8, 4) is 0 Å². The zero-order valence-corrected chi connectivity index (χ0v) is 19.7. The van der Waals surface area contributed by atoms with Crippen LogP contribution in [-0.4, -0.2) is 82.3 Å². The molecule has 2 aromatic rings. The van der Waals surface area contributed by atoms with Crippen LogP contribution in [0.25, 0.3) is 0 Å². The van der Waals surface area contributed by atoms with E-state index in [1.807, 2.05) is 35.2 Å². The van der Waals surface area contributed by atoms with Crippen molar-refractivity contribution in [3.05, 3.63) is 58.6 Å². The van der Waals surface area contributed by atoms with Crippen LogP contribution in [0.3, 0.4) is 0 Å². The number of benzene rings is 1. The third-order valence-corrected chi connectivity index (χ3v) is 7.06. The number of aromatic nitrogens is 2. The van der Waals surface area contributed by atoms with E-state index in [2.05, 4.69) is 28.9 Å². The van der Waals surface area contributed by atoms with E-state index in [1.165, 1.54) is 4.57 Å². The third-order valence-electron chi connectivity index (χ3n) is 7.06. The van der Waals surface area contributed by atoms with Crippen molar-refractivity contribution in [1.82, 2.24) is 19.4 Å². The minimum absolute atomic E-state index is 0.116. The molecule has 0 radical (unpaired) electrons. The van der Waals surface area contributed by atoms with Crippen LogP contribution in [0, 0.1) is 0 Å². The highest BCUT2D eigenvalue weighted by atomic mass is 16.3. The van der Waals surface area contributed by atoms with Crippen LogP contribution in [0.4, 0.5) is 5.82 Å². The number of nitrogens with zero attached hydrogens (tertiary/aromatic N) is 5. The summed E-state index contributed by atoms with van der Waals surface area (Å²) in [7, 11) is 4.14. The maximum Gasteiger partial charge on any atom is 0.255 e. The third kappa shape index (κ3) is 5.81. The van der Waals surface area contributed by atoms with Gasteiger partial charge in [-0.2, -0.15) is 0 Å². The summed E-state index contributed by atoms with van der Waals surface area (Å²) < 4.78 is 1.50.